The van der Waals surface area contributed by atoms with Gasteiger partial charge in [0.2, 0.25) is 5.91 Å². The van der Waals surface area contributed by atoms with Crippen LogP contribution in [0.5, 0.6) is 5.75 Å². The first-order valence-electron chi connectivity index (χ1n) is 5.61. The number of carbonyl (C=O) groups is 1. The number of nitrogens with zero attached hydrogens (tertiary/aromatic N) is 1. The summed E-state index contributed by atoms with van der Waals surface area (Å²) in [5.41, 5.74) is 2.34. The Balaban J connectivity index is 2.62. The molecule has 4 nitrogen and oxygen atoms in total. The minimum Gasteiger partial charge on any atom is -0.506 e. The fourth-order valence-electron chi connectivity index (χ4n) is 1.81. The van der Waals surface area contributed by atoms with Gasteiger partial charge in [0.1, 0.15) is 11.6 Å². The van der Waals surface area contributed by atoms with Gasteiger partial charge in [0.25, 0.3) is 0 Å². The van der Waals surface area contributed by atoms with Crippen LogP contribution < -0.4 is 5.32 Å². The molecule has 0 radical (unpaired) electrons. The molecule has 1 aromatic carbocycles. The molecule has 1 aromatic heterocycles. The van der Waals surface area contributed by atoms with Crippen LogP contribution in [0.15, 0.2) is 36.5 Å². The first-order chi connectivity index (χ1) is 8.59. The molecule has 1 heterocycles. The fourth-order valence-corrected chi connectivity index (χ4v) is 1.81. The Kier molecular flexibility index (Phi) is 3.28. The van der Waals surface area contributed by atoms with E-state index in [9.17, 15) is 9.90 Å². The van der Waals surface area contributed by atoms with Crippen molar-refractivity contribution in [1.29, 1.82) is 0 Å². The molecular weight excluding hydrogens is 228 g/mol. The second-order valence-electron chi connectivity index (χ2n) is 4.04. The molecule has 0 aliphatic rings. The van der Waals surface area contributed by atoms with Crippen LogP contribution in [0.3, 0.4) is 0 Å². The lowest BCUT2D eigenvalue weighted by molar-refractivity contribution is -0.114. The van der Waals surface area contributed by atoms with E-state index >= 15 is 0 Å². The monoisotopic (exact) mass is 242 g/mol. The van der Waals surface area contributed by atoms with E-state index in [0.717, 1.165) is 11.1 Å². The van der Waals surface area contributed by atoms with Gasteiger partial charge in [-0.1, -0.05) is 30.3 Å². The predicted molar refractivity (Wildman–Crippen MR) is 70.4 cm³/mol. The van der Waals surface area contributed by atoms with Crippen LogP contribution in [0.25, 0.3) is 11.1 Å². The molecule has 2 aromatic rings. The quantitative estimate of drug-likeness (QED) is 0.851. The van der Waals surface area contributed by atoms with Gasteiger partial charge in [0.15, 0.2) is 0 Å². The lowest BCUT2D eigenvalue weighted by Crippen LogP contribution is -2.09. The summed E-state index contributed by atoms with van der Waals surface area (Å²) < 4.78 is 0. The van der Waals surface area contributed by atoms with Crippen LogP contribution in [0.2, 0.25) is 0 Å². The number of anilines is 1. The SMILES string of the molecule is CC(=O)Nc1ncc(O)c(C)c1-c1ccccc1. The van der Waals surface area contributed by atoms with Gasteiger partial charge in [-0.2, -0.15) is 0 Å². The second-order valence-corrected chi connectivity index (χ2v) is 4.04. The van der Waals surface area contributed by atoms with Crippen molar-refractivity contribution >= 4 is 11.7 Å². The van der Waals surface area contributed by atoms with E-state index in [1.165, 1.54) is 13.1 Å². The van der Waals surface area contributed by atoms with E-state index in [2.05, 4.69) is 10.3 Å². The summed E-state index contributed by atoms with van der Waals surface area (Å²) in [5.74, 6) is 0.386. The van der Waals surface area contributed by atoms with Crippen LogP contribution in [0.4, 0.5) is 5.82 Å². The molecule has 0 bridgehead atoms. The number of nitrogens with one attached hydrogen (secondary N) is 1. The van der Waals surface area contributed by atoms with Crippen molar-refractivity contribution in [3.8, 4) is 16.9 Å². The molecule has 0 saturated carbocycles. The van der Waals surface area contributed by atoms with Crippen LogP contribution in [-0.4, -0.2) is 16.0 Å². The molecule has 1 amide bonds. The summed E-state index contributed by atoms with van der Waals surface area (Å²) in [6.07, 6.45) is 1.34. The van der Waals surface area contributed by atoms with Gasteiger partial charge in [-0.25, -0.2) is 4.98 Å². The standard InChI is InChI=1S/C14H14N2O2/c1-9-12(18)8-15-14(16-10(2)17)13(9)11-6-4-3-5-7-11/h3-8,18H,1-2H3,(H,15,16,17). The van der Waals surface area contributed by atoms with Crippen LogP contribution in [0, 0.1) is 6.92 Å². The van der Waals surface area contributed by atoms with Crippen LogP contribution >= 0.6 is 0 Å². The maximum atomic E-state index is 11.2. The van der Waals surface area contributed by atoms with E-state index in [4.69, 9.17) is 0 Å². The minimum atomic E-state index is -0.190. The molecular formula is C14H14N2O2. The third-order valence-corrected chi connectivity index (χ3v) is 2.67. The van der Waals surface area contributed by atoms with E-state index in [1.54, 1.807) is 6.92 Å². The lowest BCUT2D eigenvalue weighted by atomic mass is 10.0. The highest BCUT2D eigenvalue weighted by atomic mass is 16.3. The Morgan fingerprint density at radius 2 is 1.94 bits per heavy atom. The van der Waals surface area contributed by atoms with Gasteiger partial charge in [-0.15, -0.1) is 0 Å². The number of carbonyl (C=O) groups excluding carboxylic acids is 1. The average molecular weight is 242 g/mol. The maximum absolute atomic E-state index is 11.2. The molecule has 92 valence electrons. The summed E-state index contributed by atoms with van der Waals surface area (Å²) in [4.78, 5) is 15.3. The summed E-state index contributed by atoms with van der Waals surface area (Å²) >= 11 is 0. The van der Waals surface area contributed by atoms with Crippen molar-refractivity contribution in [2.24, 2.45) is 0 Å². The third-order valence-electron chi connectivity index (χ3n) is 2.67. The first kappa shape index (κ1) is 12.1. The molecule has 0 saturated heterocycles. The number of aromatic nitrogens is 1. The molecule has 0 spiro atoms. The van der Waals surface area contributed by atoms with E-state index in [1.807, 2.05) is 30.3 Å². The summed E-state index contributed by atoms with van der Waals surface area (Å²) in [7, 11) is 0. The number of pyridine rings is 1. The molecule has 2 rings (SSSR count). The highest BCUT2D eigenvalue weighted by Gasteiger charge is 2.13. The van der Waals surface area contributed by atoms with E-state index < -0.39 is 0 Å². The fraction of sp³-hybridized carbons (Fsp3) is 0.143. The molecule has 4 heteroatoms. The molecule has 0 aliphatic heterocycles. The minimum absolute atomic E-state index is 0.114. The van der Waals surface area contributed by atoms with Crippen molar-refractivity contribution in [2.75, 3.05) is 5.32 Å². The second kappa shape index (κ2) is 4.87. The Bertz CT molecular complexity index is 580. The summed E-state index contributed by atoms with van der Waals surface area (Å²) in [5, 5.41) is 12.4. The van der Waals surface area contributed by atoms with Gasteiger partial charge >= 0.3 is 0 Å². The Hall–Kier alpha value is -2.36. The molecule has 18 heavy (non-hydrogen) atoms. The number of benzene rings is 1. The zero-order valence-electron chi connectivity index (χ0n) is 10.3. The normalized spacial score (nSPS) is 10.1. The van der Waals surface area contributed by atoms with E-state index in [0.29, 0.717) is 11.4 Å². The molecule has 0 atom stereocenters. The zero-order chi connectivity index (χ0) is 13.1. The lowest BCUT2D eigenvalue weighted by Gasteiger charge is -2.13. The Morgan fingerprint density at radius 1 is 1.28 bits per heavy atom. The molecule has 2 N–H and O–H groups in total. The van der Waals surface area contributed by atoms with Crippen molar-refractivity contribution in [1.82, 2.24) is 4.98 Å². The van der Waals surface area contributed by atoms with Gasteiger partial charge in [-0.05, 0) is 12.5 Å². The number of hydrogen-bond donors (Lipinski definition) is 2. The maximum Gasteiger partial charge on any atom is 0.222 e. The predicted octanol–water partition coefficient (Wildman–Crippen LogP) is 2.72. The molecule has 0 unspecified atom stereocenters. The van der Waals surface area contributed by atoms with Crippen LogP contribution in [-0.2, 0) is 4.79 Å². The first-order valence-corrected chi connectivity index (χ1v) is 5.61. The number of amides is 1. The summed E-state index contributed by atoms with van der Waals surface area (Å²) in [6.45, 7) is 3.23. The third kappa shape index (κ3) is 2.32. The zero-order valence-corrected chi connectivity index (χ0v) is 10.3. The Labute approximate surface area is 105 Å². The largest absolute Gasteiger partial charge is 0.506 e. The van der Waals surface area contributed by atoms with Crippen LogP contribution in [0.1, 0.15) is 12.5 Å². The number of aromatic hydroxyl groups is 1. The van der Waals surface area contributed by atoms with E-state index in [-0.39, 0.29) is 11.7 Å². The van der Waals surface area contributed by atoms with Gasteiger partial charge in [0, 0.05) is 18.1 Å². The van der Waals surface area contributed by atoms with Crippen molar-refractivity contribution in [2.45, 2.75) is 13.8 Å². The highest BCUT2D eigenvalue weighted by molar-refractivity contribution is 5.93. The molecule has 0 aliphatic carbocycles. The number of rotatable bonds is 2. The van der Waals surface area contributed by atoms with Crippen molar-refractivity contribution in [3.63, 3.8) is 0 Å². The topological polar surface area (TPSA) is 62.2 Å². The van der Waals surface area contributed by atoms with Crippen molar-refractivity contribution < 1.29 is 9.90 Å². The van der Waals surface area contributed by atoms with Gasteiger partial charge < -0.3 is 10.4 Å². The average Bonchev–Trinajstić information content (AvgIpc) is 2.35. The Morgan fingerprint density at radius 3 is 2.56 bits per heavy atom. The smallest absolute Gasteiger partial charge is 0.222 e. The highest BCUT2D eigenvalue weighted by Crippen LogP contribution is 2.34. The number of hydrogen-bond acceptors (Lipinski definition) is 3. The van der Waals surface area contributed by atoms with Gasteiger partial charge in [0.05, 0.1) is 6.20 Å². The van der Waals surface area contributed by atoms with Crippen molar-refractivity contribution in [3.05, 3.63) is 42.1 Å². The van der Waals surface area contributed by atoms with Gasteiger partial charge in [-0.3, -0.25) is 4.79 Å². The summed E-state index contributed by atoms with van der Waals surface area (Å²) in [6, 6.07) is 9.53. The molecule has 0 fully saturated rings.